The smallest absolute Gasteiger partial charge is 0.271 e. The van der Waals surface area contributed by atoms with Crippen molar-refractivity contribution >= 4 is 45.6 Å². The molecule has 114 valence electrons. The van der Waals surface area contributed by atoms with E-state index < -0.39 is 4.92 Å². The number of ether oxygens (including phenoxy) is 1. The molecule has 2 aromatic carbocycles. The summed E-state index contributed by atoms with van der Waals surface area (Å²) in [5.41, 5.74) is 7.92. The molecule has 0 bridgehead atoms. The van der Waals surface area contributed by atoms with Crippen molar-refractivity contribution < 1.29 is 9.66 Å². The number of hydrogen-bond acceptors (Lipinski definition) is 5. The van der Waals surface area contributed by atoms with Crippen LogP contribution >= 0.6 is 12.4 Å². The first kappa shape index (κ1) is 15.8. The topological polar surface area (TPSA) is 91.3 Å². The maximum atomic E-state index is 10.8. The quantitative estimate of drug-likeness (QED) is 0.451. The van der Waals surface area contributed by atoms with Crippen LogP contribution in [0.15, 0.2) is 36.4 Å². The monoisotopic (exact) mass is 319 g/mol. The molecule has 7 heteroatoms. The summed E-state index contributed by atoms with van der Waals surface area (Å²) in [5, 5.41) is 12.3. The minimum Gasteiger partial charge on any atom is -0.494 e. The van der Waals surface area contributed by atoms with Gasteiger partial charge in [0, 0.05) is 22.9 Å². The molecule has 2 N–H and O–H groups in total. The predicted octanol–water partition coefficient (Wildman–Crippen LogP) is 3.70. The molecule has 3 rings (SSSR count). The Kier molecular flexibility index (Phi) is 4.32. The highest BCUT2D eigenvalue weighted by molar-refractivity contribution is 6.07. The second-order valence-corrected chi connectivity index (χ2v) is 4.60. The van der Waals surface area contributed by atoms with E-state index in [0.717, 1.165) is 11.1 Å². The number of hydrogen-bond donors (Lipinski definition) is 1. The zero-order chi connectivity index (χ0) is 15.0. The van der Waals surface area contributed by atoms with Gasteiger partial charge in [0.15, 0.2) is 0 Å². The first-order valence-corrected chi connectivity index (χ1v) is 6.50. The number of halogens is 1. The van der Waals surface area contributed by atoms with E-state index in [1.165, 1.54) is 12.1 Å². The number of nitrogen functional groups attached to an aromatic ring is 1. The van der Waals surface area contributed by atoms with Gasteiger partial charge < -0.3 is 10.5 Å². The lowest BCUT2D eigenvalue weighted by Gasteiger charge is -2.09. The highest BCUT2D eigenvalue weighted by atomic mass is 35.5. The largest absolute Gasteiger partial charge is 0.494 e. The van der Waals surface area contributed by atoms with Gasteiger partial charge in [0.2, 0.25) is 0 Å². The summed E-state index contributed by atoms with van der Waals surface area (Å²) in [6, 6.07) is 9.93. The number of nitro groups is 1. The van der Waals surface area contributed by atoms with Crippen LogP contribution in [0.2, 0.25) is 0 Å². The zero-order valence-electron chi connectivity index (χ0n) is 11.8. The van der Waals surface area contributed by atoms with Crippen molar-refractivity contribution in [2.24, 2.45) is 0 Å². The van der Waals surface area contributed by atoms with Crippen LogP contribution in [0.25, 0.3) is 21.8 Å². The number of nitrogens with two attached hydrogens (primary N) is 1. The molecule has 0 aliphatic heterocycles. The summed E-state index contributed by atoms with van der Waals surface area (Å²) >= 11 is 0. The number of pyridine rings is 1. The minimum absolute atomic E-state index is 0. The van der Waals surface area contributed by atoms with E-state index in [0.29, 0.717) is 28.7 Å². The summed E-state index contributed by atoms with van der Waals surface area (Å²) in [7, 11) is 0. The normalized spacial score (nSPS) is 10.4. The molecule has 0 radical (unpaired) electrons. The van der Waals surface area contributed by atoms with Crippen molar-refractivity contribution in [2.45, 2.75) is 6.92 Å². The Morgan fingerprint density at radius 2 is 1.95 bits per heavy atom. The molecule has 0 spiro atoms. The maximum Gasteiger partial charge on any atom is 0.271 e. The van der Waals surface area contributed by atoms with E-state index in [1.54, 1.807) is 12.1 Å². The molecule has 3 aromatic rings. The van der Waals surface area contributed by atoms with Gasteiger partial charge in [-0.05, 0) is 31.2 Å². The van der Waals surface area contributed by atoms with Gasteiger partial charge in [-0.2, -0.15) is 0 Å². The molecule has 22 heavy (non-hydrogen) atoms. The number of non-ortho nitro benzene ring substituents is 1. The van der Waals surface area contributed by atoms with Crippen molar-refractivity contribution in [3.63, 3.8) is 0 Å². The molecule has 0 saturated carbocycles. The van der Waals surface area contributed by atoms with Crippen molar-refractivity contribution in [3.05, 3.63) is 46.5 Å². The van der Waals surface area contributed by atoms with Crippen LogP contribution in [0.3, 0.4) is 0 Å². The van der Waals surface area contributed by atoms with E-state index in [4.69, 9.17) is 10.5 Å². The summed E-state index contributed by atoms with van der Waals surface area (Å²) in [6.07, 6.45) is 0. The van der Waals surface area contributed by atoms with E-state index in [-0.39, 0.29) is 18.1 Å². The third kappa shape index (κ3) is 2.60. The maximum absolute atomic E-state index is 10.8. The van der Waals surface area contributed by atoms with Gasteiger partial charge >= 0.3 is 0 Å². The van der Waals surface area contributed by atoms with Crippen molar-refractivity contribution in [1.29, 1.82) is 0 Å². The van der Waals surface area contributed by atoms with Gasteiger partial charge in [0.25, 0.3) is 5.69 Å². The van der Waals surface area contributed by atoms with Crippen LogP contribution in [0, 0.1) is 10.1 Å². The highest BCUT2D eigenvalue weighted by Gasteiger charge is 2.12. The molecule has 0 fully saturated rings. The minimum atomic E-state index is -0.445. The SMILES string of the molecule is CCOc1ccc2nc3cc([N+](=O)[O-])ccc3c(N)c2c1.Cl. The van der Waals surface area contributed by atoms with Crippen LogP contribution in [0.1, 0.15) is 6.92 Å². The first-order valence-electron chi connectivity index (χ1n) is 6.50. The fraction of sp³-hybridized carbons (Fsp3) is 0.133. The van der Waals surface area contributed by atoms with Gasteiger partial charge in [-0.15, -0.1) is 12.4 Å². The molecule has 0 saturated heterocycles. The lowest BCUT2D eigenvalue weighted by molar-refractivity contribution is -0.384. The predicted molar refractivity (Wildman–Crippen MR) is 88.7 cm³/mol. The van der Waals surface area contributed by atoms with E-state index in [9.17, 15) is 10.1 Å². The number of aromatic nitrogens is 1. The summed E-state index contributed by atoms with van der Waals surface area (Å²) in [5.74, 6) is 0.722. The van der Waals surface area contributed by atoms with Crippen molar-refractivity contribution in [1.82, 2.24) is 4.98 Å². The second kappa shape index (κ2) is 6.03. The Labute approximate surface area is 132 Å². The average Bonchev–Trinajstić information content (AvgIpc) is 2.48. The molecule has 1 heterocycles. The van der Waals surface area contributed by atoms with Crippen LogP contribution in [0.4, 0.5) is 11.4 Å². The molecule has 0 aliphatic rings. The van der Waals surface area contributed by atoms with Gasteiger partial charge in [-0.3, -0.25) is 10.1 Å². The van der Waals surface area contributed by atoms with Crippen LogP contribution < -0.4 is 10.5 Å². The van der Waals surface area contributed by atoms with E-state index >= 15 is 0 Å². The molecule has 0 unspecified atom stereocenters. The molecule has 1 aromatic heterocycles. The third-order valence-corrected chi connectivity index (χ3v) is 3.29. The average molecular weight is 320 g/mol. The number of anilines is 1. The first-order chi connectivity index (χ1) is 10.1. The van der Waals surface area contributed by atoms with Gasteiger partial charge in [-0.1, -0.05) is 0 Å². The lowest BCUT2D eigenvalue weighted by atomic mass is 10.1. The number of nitrogens with zero attached hydrogens (tertiary/aromatic N) is 2. The lowest BCUT2D eigenvalue weighted by Crippen LogP contribution is -1.96. The van der Waals surface area contributed by atoms with Crippen molar-refractivity contribution in [3.8, 4) is 5.75 Å². The Hall–Kier alpha value is -2.60. The standard InChI is InChI=1S/C15H13N3O3.ClH/c1-2-21-10-4-6-13-12(8-10)15(16)11-5-3-9(18(19)20)7-14(11)17-13;/h3-8H,2H2,1H3,(H2,16,17);1H. The number of fused-ring (bicyclic) bond motifs is 2. The Morgan fingerprint density at radius 1 is 1.18 bits per heavy atom. The van der Waals surface area contributed by atoms with Crippen LogP contribution in [-0.4, -0.2) is 16.5 Å². The molecular weight excluding hydrogens is 306 g/mol. The fourth-order valence-corrected chi connectivity index (χ4v) is 2.31. The van der Waals surface area contributed by atoms with Crippen LogP contribution in [-0.2, 0) is 0 Å². The van der Waals surface area contributed by atoms with Gasteiger partial charge in [0.1, 0.15) is 5.75 Å². The van der Waals surface area contributed by atoms with E-state index in [2.05, 4.69) is 4.98 Å². The number of rotatable bonds is 3. The van der Waals surface area contributed by atoms with Gasteiger partial charge in [0.05, 0.1) is 28.3 Å². The summed E-state index contributed by atoms with van der Waals surface area (Å²) < 4.78 is 5.46. The Bertz CT molecular complexity index is 867. The van der Waals surface area contributed by atoms with Crippen LogP contribution in [0.5, 0.6) is 5.75 Å². The molecule has 0 amide bonds. The van der Waals surface area contributed by atoms with Crippen molar-refractivity contribution in [2.75, 3.05) is 12.3 Å². The molecule has 6 nitrogen and oxygen atoms in total. The zero-order valence-corrected chi connectivity index (χ0v) is 12.6. The van der Waals surface area contributed by atoms with E-state index in [1.807, 2.05) is 19.1 Å². The third-order valence-electron chi connectivity index (χ3n) is 3.29. The Morgan fingerprint density at radius 3 is 2.64 bits per heavy atom. The summed E-state index contributed by atoms with van der Waals surface area (Å²) in [6.45, 7) is 2.48. The Balaban J connectivity index is 0.00000176. The summed E-state index contributed by atoms with van der Waals surface area (Å²) in [4.78, 5) is 14.8. The molecular formula is C15H14ClN3O3. The number of benzene rings is 2. The number of nitro benzene ring substituents is 1. The fourth-order valence-electron chi connectivity index (χ4n) is 2.31. The molecule has 0 atom stereocenters. The molecule has 0 aliphatic carbocycles. The van der Waals surface area contributed by atoms with Gasteiger partial charge in [-0.25, -0.2) is 4.98 Å². The highest BCUT2D eigenvalue weighted by Crippen LogP contribution is 2.32. The second-order valence-electron chi connectivity index (χ2n) is 4.60.